The van der Waals surface area contributed by atoms with Crippen molar-refractivity contribution in [1.82, 2.24) is 15.3 Å². The molecule has 0 atom stereocenters. The highest BCUT2D eigenvalue weighted by molar-refractivity contribution is 5.97. The third-order valence-corrected chi connectivity index (χ3v) is 4.48. The number of hydrazone groups is 1. The van der Waals surface area contributed by atoms with E-state index in [1.165, 1.54) is 29.0 Å². The van der Waals surface area contributed by atoms with Gasteiger partial charge in [-0.15, -0.1) is 0 Å². The largest absolute Gasteiger partial charge is 0.418 e. The average Bonchev–Trinajstić information content (AvgIpc) is 2.98. The Morgan fingerprint density at radius 3 is 2.58 bits per heavy atom. The van der Waals surface area contributed by atoms with Crippen LogP contribution in [-0.2, 0) is 20.5 Å². The summed E-state index contributed by atoms with van der Waals surface area (Å²) in [6, 6.07) is 6.98. The summed E-state index contributed by atoms with van der Waals surface area (Å²) in [5.74, 6) is -1.04. The average molecular weight is 438 g/mol. The highest BCUT2D eigenvalue weighted by Crippen LogP contribution is 2.35. The topological polar surface area (TPSA) is 84.7 Å². The van der Waals surface area contributed by atoms with E-state index in [2.05, 4.69) is 15.8 Å². The zero-order chi connectivity index (χ0) is 23.0. The molecule has 2 aromatic rings. The van der Waals surface area contributed by atoms with E-state index in [0.717, 1.165) is 6.07 Å². The molecule has 2 amide bonds. The lowest BCUT2D eigenvalue weighted by Crippen LogP contribution is -2.30. The fraction of sp³-hybridized carbons (Fsp3) is 0.381. The van der Waals surface area contributed by atoms with Gasteiger partial charge in [-0.1, -0.05) is 12.1 Å². The third-order valence-electron chi connectivity index (χ3n) is 4.48. The Morgan fingerprint density at radius 1 is 1.19 bits per heavy atom. The van der Waals surface area contributed by atoms with Gasteiger partial charge in [0.15, 0.2) is 0 Å². The van der Waals surface area contributed by atoms with Crippen molar-refractivity contribution in [1.29, 1.82) is 0 Å². The van der Waals surface area contributed by atoms with E-state index >= 15 is 0 Å². The van der Waals surface area contributed by atoms with Gasteiger partial charge in [0.05, 0.1) is 17.5 Å². The maximum Gasteiger partial charge on any atom is 0.418 e. The molecule has 0 fully saturated rings. The molecule has 0 aliphatic heterocycles. The molecule has 0 aliphatic carbocycles. The van der Waals surface area contributed by atoms with Gasteiger partial charge >= 0.3 is 6.18 Å². The van der Waals surface area contributed by atoms with E-state index in [4.69, 9.17) is 4.74 Å². The Bertz CT molecular complexity index is 952. The molecule has 10 heteroatoms. The Morgan fingerprint density at radius 2 is 1.90 bits per heavy atom. The number of nitrogens with one attached hydrogen (secondary N) is 2. The highest BCUT2D eigenvalue weighted by atomic mass is 19.4. The standard InChI is InChI=1S/C21H25F3N4O3/c1-14-11-16(13-26-27-20(30)12-19(29)25-9-6-10-31-3)15(2)28(14)18-8-5-4-7-17(18)21(22,23)24/h4-5,7-8,11,13H,6,9-10,12H2,1-3H3,(H,25,29)(H,27,30)/b26-13+. The van der Waals surface area contributed by atoms with E-state index in [-0.39, 0.29) is 12.1 Å². The zero-order valence-electron chi connectivity index (χ0n) is 17.5. The van der Waals surface area contributed by atoms with Crippen molar-refractivity contribution in [2.24, 2.45) is 5.10 Å². The molecule has 0 radical (unpaired) electrons. The number of hydrogen-bond acceptors (Lipinski definition) is 4. The Balaban J connectivity index is 2.06. The maximum atomic E-state index is 13.4. The van der Waals surface area contributed by atoms with Crippen LogP contribution in [0.5, 0.6) is 0 Å². The number of aryl methyl sites for hydroxylation is 1. The van der Waals surface area contributed by atoms with E-state index in [9.17, 15) is 22.8 Å². The number of halogens is 3. The molecule has 168 valence electrons. The van der Waals surface area contributed by atoms with Gasteiger partial charge in [-0.05, 0) is 38.5 Å². The second-order valence-electron chi connectivity index (χ2n) is 6.84. The van der Waals surface area contributed by atoms with E-state index in [1.54, 1.807) is 27.0 Å². The van der Waals surface area contributed by atoms with Gasteiger partial charge in [0.1, 0.15) is 6.42 Å². The lowest BCUT2D eigenvalue weighted by molar-refractivity contribution is -0.137. The number of carbonyl (C=O) groups is 2. The van der Waals surface area contributed by atoms with E-state index in [0.29, 0.717) is 36.5 Å². The van der Waals surface area contributed by atoms with Crippen LogP contribution in [0.4, 0.5) is 13.2 Å². The van der Waals surface area contributed by atoms with Crippen molar-refractivity contribution < 1.29 is 27.5 Å². The maximum absolute atomic E-state index is 13.4. The van der Waals surface area contributed by atoms with Crippen LogP contribution in [0.2, 0.25) is 0 Å². The monoisotopic (exact) mass is 438 g/mol. The molecule has 0 spiro atoms. The van der Waals surface area contributed by atoms with Crippen LogP contribution < -0.4 is 10.7 Å². The quantitative estimate of drug-likeness (QED) is 0.273. The second-order valence-corrected chi connectivity index (χ2v) is 6.84. The number of methoxy groups -OCH3 is 1. The summed E-state index contributed by atoms with van der Waals surface area (Å²) in [6.07, 6.45) is -2.91. The fourth-order valence-electron chi connectivity index (χ4n) is 3.06. The van der Waals surface area contributed by atoms with Crippen molar-refractivity contribution in [3.63, 3.8) is 0 Å². The number of ether oxygens (including phenoxy) is 1. The lowest BCUT2D eigenvalue weighted by Gasteiger charge is -2.16. The number of alkyl halides is 3. The molecule has 0 bridgehead atoms. The van der Waals surface area contributed by atoms with Crippen molar-refractivity contribution in [3.8, 4) is 5.69 Å². The number of carbonyl (C=O) groups excluding carboxylic acids is 2. The van der Waals surface area contributed by atoms with Crippen molar-refractivity contribution in [2.75, 3.05) is 20.3 Å². The summed E-state index contributed by atoms with van der Waals surface area (Å²) in [7, 11) is 1.56. The van der Waals surface area contributed by atoms with Crippen LogP contribution in [0.3, 0.4) is 0 Å². The minimum Gasteiger partial charge on any atom is -0.385 e. The highest BCUT2D eigenvalue weighted by Gasteiger charge is 2.34. The molecule has 0 saturated carbocycles. The molecule has 0 saturated heterocycles. The Hall–Kier alpha value is -3.14. The minimum absolute atomic E-state index is 0.0128. The first-order valence-electron chi connectivity index (χ1n) is 9.58. The predicted octanol–water partition coefficient (Wildman–Crippen LogP) is 3.11. The second kappa shape index (κ2) is 10.8. The number of amides is 2. The fourth-order valence-corrected chi connectivity index (χ4v) is 3.06. The van der Waals surface area contributed by atoms with Crippen LogP contribution in [0.1, 0.15) is 35.4 Å². The van der Waals surface area contributed by atoms with Crippen LogP contribution in [-0.4, -0.2) is 42.9 Å². The van der Waals surface area contributed by atoms with Gasteiger partial charge in [0.2, 0.25) is 11.8 Å². The van der Waals surface area contributed by atoms with Crippen LogP contribution in [0.25, 0.3) is 5.69 Å². The van der Waals surface area contributed by atoms with Crippen LogP contribution in [0.15, 0.2) is 35.4 Å². The first kappa shape index (κ1) is 24.1. The van der Waals surface area contributed by atoms with Gasteiger partial charge in [-0.3, -0.25) is 9.59 Å². The molecular weight excluding hydrogens is 413 g/mol. The van der Waals surface area contributed by atoms with Gasteiger partial charge in [-0.25, -0.2) is 5.43 Å². The summed E-state index contributed by atoms with van der Waals surface area (Å²) in [6.45, 7) is 4.25. The molecule has 31 heavy (non-hydrogen) atoms. The summed E-state index contributed by atoms with van der Waals surface area (Å²) in [5, 5.41) is 6.41. The SMILES string of the molecule is COCCCNC(=O)CC(=O)N/N=C/c1cc(C)n(-c2ccccc2C(F)(F)F)c1C. The Labute approximate surface area is 178 Å². The summed E-state index contributed by atoms with van der Waals surface area (Å²) in [4.78, 5) is 23.5. The number of para-hydroxylation sites is 1. The number of rotatable bonds is 9. The third kappa shape index (κ3) is 6.68. The smallest absolute Gasteiger partial charge is 0.385 e. The van der Waals surface area contributed by atoms with E-state index < -0.39 is 23.6 Å². The normalized spacial score (nSPS) is 11.7. The molecule has 0 aliphatic rings. The molecule has 2 rings (SSSR count). The summed E-state index contributed by atoms with van der Waals surface area (Å²) < 4.78 is 46.5. The molecule has 1 aromatic carbocycles. The lowest BCUT2D eigenvalue weighted by atomic mass is 10.1. The van der Waals surface area contributed by atoms with Gasteiger partial charge in [-0.2, -0.15) is 18.3 Å². The van der Waals surface area contributed by atoms with Gasteiger partial charge in [0.25, 0.3) is 0 Å². The summed E-state index contributed by atoms with van der Waals surface area (Å²) in [5.41, 5.74) is 3.17. The van der Waals surface area contributed by atoms with E-state index in [1.807, 2.05) is 0 Å². The van der Waals surface area contributed by atoms with Gasteiger partial charge in [0, 0.05) is 37.2 Å². The number of benzene rings is 1. The minimum atomic E-state index is -4.49. The number of nitrogens with zero attached hydrogens (tertiary/aromatic N) is 2. The van der Waals surface area contributed by atoms with Crippen molar-refractivity contribution in [3.05, 3.63) is 52.8 Å². The first-order chi connectivity index (χ1) is 14.6. The number of hydrogen-bond donors (Lipinski definition) is 2. The van der Waals surface area contributed by atoms with Gasteiger partial charge < -0.3 is 14.6 Å². The molecule has 2 N–H and O–H groups in total. The zero-order valence-corrected chi connectivity index (χ0v) is 17.5. The summed E-state index contributed by atoms with van der Waals surface area (Å²) >= 11 is 0. The number of aromatic nitrogens is 1. The molecule has 0 unspecified atom stereocenters. The van der Waals surface area contributed by atoms with Crippen LogP contribution >= 0.6 is 0 Å². The Kier molecular flexibility index (Phi) is 8.38. The molecule has 7 nitrogen and oxygen atoms in total. The molecular formula is C21H25F3N4O3. The van der Waals surface area contributed by atoms with Crippen LogP contribution in [0, 0.1) is 13.8 Å². The predicted molar refractivity (Wildman–Crippen MR) is 110 cm³/mol. The molecule has 1 heterocycles. The van der Waals surface area contributed by atoms with Crippen molar-refractivity contribution >= 4 is 18.0 Å². The molecule has 1 aromatic heterocycles. The van der Waals surface area contributed by atoms with Crippen molar-refractivity contribution in [2.45, 2.75) is 32.9 Å². The first-order valence-corrected chi connectivity index (χ1v) is 9.58.